The average molecular weight is 455 g/mol. The summed E-state index contributed by atoms with van der Waals surface area (Å²) in [5.74, 6) is -0.734. The van der Waals surface area contributed by atoms with Crippen LogP contribution in [-0.4, -0.2) is 50.9 Å². The summed E-state index contributed by atoms with van der Waals surface area (Å²) in [5, 5.41) is 22.7. The first-order valence-corrected chi connectivity index (χ1v) is 11.2. The van der Waals surface area contributed by atoms with E-state index in [1.54, 1.807) is 4.68 Å². The summed E-state index contributed by atoms with van der Waals surface area (Å²) in [6.07, 6.45) is 2.71. The van der Waals surface area contributed by atoms with Crippen molar-refractivity contribution < 1.29 is 9.90 Å². The number of carboxylic acid groups (broad SMARTS) is 1. The third kappa shape index (κ3) is 6.40. The molecule has 0 saturated heterocycles. The highest BCUT2D eigenvalue weighted by atomic mass is 32.1. The number of aliphatic carboxylic acids is 1. The number of aromatic nitrogens is 4. The number of hydrogen-bond acceptors (Lipinski definition) is 6. The number of carboxylic acids is 1. The fraction of sp³-hybridized carbons (Fsp3) is 0.391. The number of hydrogen-bond donors (Lipinski definition) is 3. The lowest BCUT2D eigenvalue weighted by Crippen LogP contribution is -2.28. The van der Waals surface area contributed by atoms with Gasteiger partial charge in [-0.05, 0) is 74.7 Å². The molecule has 32 heavy (non-hydrogen) atoms. The van der Waals surface area contributed by atoms with E-state index in [1.807, 2.05) is 24.3 Å². The third-order valence-electron chi connectivity index (χ3n) is 5.33. The van der Waals surface area contributed by atoms with Crippen LogP contribution in [0.2, 0.25) is 0 Å². The van der Waals surface area contributed by atoms with Crippen LogP contribution in [0.1, 0.15) is 36.8 Å². The number of para-hydroxylation sites is 1. The Hall–Kier alpha value is -3.20. The molecule has 170 valence electrons. The van der Waals surface area contributed by atoms with Gasteiger partial charge in [0, 0.05) is 37.4 Å². The van der Waals surface area contributed by atoms with Gasteiger partial charge in [-0.25, -0.2) is 4.68 Å². The largest absolute Gasteiger partial charge is 0.481 e. The number of aromatic amines is 1. The second-order valence-electron chi connectivity index (χ2n) is 7.83. The second-order valence-corrected chi connectivity index (χ2v) is 8.19. The summed E-state index contributed by atoms with van der Waals surface area (Å²) in [6, 6.07) is 14.3. The van der Waals surface area contributed by atoms with Crippen molar-refractivity contribution in [3.8, 4) is 5.69 Å². The van der Waals surface area contributed by atoms with Crippen LogP contribution < -0.4 is 10.2 Å². The summed E-state index contributed by atoms with van der Waals surface area (Å²) >= 11 is 5.17. The Morgan fingerprint density at radius 3 is 2.53 bits per heavy atom. The number of H-pyrrole nitrogens is 1. The van der Waals surface area contributed by atoms with Gasteiger partial charge in [0.2, 0.25) is 4.77 Å². The molecule has 0 aliphatic heterocycles. The van der Waals surface area contributed by atoms with Gasteiger partial charge in [-0.15, -0.1) is 0 Å². The van der Waals surface area contributed by atoms with Crippen molar-refractivity contribution in [3.63, 3.8) is 0 Å². The zero-order chi connectivity index (χ0) is 22.9. The summed E-state index contributed by atoms with van der Waals surface area (Å²) in [7, 11) is 0. The van der Waals surface area contributed by atoms with Crippen molar-refractivity contribution in [2.45, 2.75) is 39.5 Å². The van der Waals surface area contributed by atoms with E-state index in [9.17, 15) is 4.79 Å². The Kier molecular flexibility index (Phi) is 8.38. The Morgan fingerprint density at radius 1 is 1.12 bits per heavy atom. The molecule has 1 heterocycles. The minimum atomic E-state index is -0.734. The first-order chi connectivity index (χ1) is 15.5. The highest BCUT2D eigenvalue weighted by molar-refractivity contribution is 7.71. The molecule has 9 heteroatoms. The lowest BCUT2D eigenvalue weighted by Gasteiger charge is -2.28. The molecule has 0 unspecified atom stereocenters. The lowest BCUT2D eigenvalue weighted by atomic mass is 10.1. The van der Waals surface area contributed by atoms with Gasteiger partial charge in [0.05, 0.1) is 5.69 Å². The molecule has 2 aromatic carbocycles. The van der Waals surface area contributed by atoms with Crippen molar-refractivity contribution >= 4 is 29.6 Å². The van der Waals surface area contributed by atoms with Gasteiger partial charge in [0.1, 0.15) is 0 Å². The fourth-order valence-electron chi connectivity index (χ4n) is 3.84. The first-order valence-electron chi connectivity index (χ1n) is 10.8. The topological polar surface area (TPSA) is 99.1 Å². The van der Waals surface area contributed by atoms with E-state index in [-0.39, 0.29) is 6.42 Å². The summed E-state index contributed by atoms with van der Waals surface area (Å²) in [4.78, 5) is 13.2. The molecule has 0 spiro atoms. The number of nitrogens with one attached hydrogen (secondary N) is 2. The number of benzene rings is 2. The SMILES string of the molecule is Cc1cccc(C)c1N(CCCCC(=O)O)CCCNc1cccc(-n2[nH]nnc2=S)c1. The fourth-order valence-corrected chi connectivity index (χ4v) is 4.03. The quantitative estimate of drug-likeness (QED) is 0.274. The number of nitrogens with zero attached hydrogens (tertiary/aromatic N) is 4. The number of carbonyl (C=O) groups is 1. The predicted octanol–water partition coefficient (Wildman–Crippen LogP) is 4.51. The highest BCUT2D eigenvalue weighted by Crippen LogP contribution is 2.25. The van der Waals surface area contributed by atoms with Crippen LogP contribution in [0.4, 0.5) is 11.4 Å². The molecule has 3 aromatic rings. The molecule has 0 atom stereocenters. The van der Waals surface area contributed by atoms with Gasteiger partial charge in [0.25, 0.3) is 0 Å². The van der Waals surface area contributed by atoms with E-state index >= 15 is 0 Å². The second kappa shape index (κ2) is 11.4. The molecule has 8 nitrogen and oxygen atoms in total. The molecule has 0 bridgehead atoms. The van der Waals surface area contributed by atoms with E-state index in [2.05, 4.69) is 57.8 Å². The number of anilines is 2. The number of unbranched alkanes of at least 4 members (excludes halogenated alkanes) is 1. The van der Waals surface area contributed by atoms with Gasteiger partial charge in [-0.1, -0.05) is 34.6 Å². The Balaban J connectivity index is 1.59. The molecular formula is C23H30N6O2S. The molecule has 3 rings (SSSR count). The maximum atomic E-state index is 10.8. The Labute approximate surface area is 193 Å². The van der Waals surface area contributed by atoms with Crippen molar-refractivity contribution in [1.29, 1.82) is 0 Å². The van der Waals surface area contributed by atoms with Gasteiger partial charge >= 0.3 is 5.97 Å². The van der Waals surface area contributed by atoms with E-state index < -0.39 is 5.97 Å². The molecule has 1 aromatic heterocycles. The minimum Gasteiger partial charge on any atom is -0.481 e. The standard InChI is InChI=1S/C23H30N6O2S/c1-17-8-5-9-18(2)22(17)28(14-4-3-12-21(30)31)15-7-13-24-19-10-6-11-20(16-19)29-23(32)25-26-27-29/h5-6,8-11,16,24H,3-4,7,12-15H2,1-2H3,(H,30,31)(H,25,27,32). The zero-order valence-corrected chi connectivity index (χ0v) is 19.4. The number of aryl methyl sites for hydroxylation is 2. The molecule has 0 saturated carbocycles. The average Bonchev–Trinajstić information content (AvgIpc) is 3.19. The summed E-state index contributed by atoms with van der Waals surface area (Å²) < 4.78 is 2.04. The molecular weight excluding hydrogens is 424 g/mol. The molecule has 0 fully saturated rings. The monoisotopic (exact) mass is 454 g/mol. The smallest absolute Gasteiger partial charge is 0.303 e. The maximum Gasteiger partial charge on any atom is 0.303 e. The zero-order valence-electron chi connectivity index (χ0n) is 18.5. The van der Waals surface area contributed by atoms with Crippen molar-refractivity contribution in [1.82, 2.24) is 20.2 Å². The normalized spacial score (nSPS) is 10.8. The predicted molar refractivity (Wildman–Crippen MR) is 129 cm³/mol. The van der Waals surface area contributed by atoms with E-state index in [4.69, 9.17) is 17.3 Å². The molecule has 0 radical (unpaired) electrons. The van der Waals surface area contributed by atoms with Crippen molar-refractivity contribution in [2.75, 3.05) is 29.9 Å². The highest BCUT2D eigenvalue weighted by Gasteiger charge is 2.12. The molecule has 0 aliphatic rings. The third-order valence-corrected chi connectivity index (χ3v) is 5.60. The van der Waals surface area contributed by atoms with Crippen LogP contribution in [-0.2, 0) is 4.79 Å². The van der Waals surface area contributed by atoms with E-state index in [0.29, 0.717) is 11.2 Å². The Morgan fingerprint density at radius 2 is 1.84 bits per heavy atom. The molecule has 3 N–H and O–H groups in total. The molecule has 0 aliphatic carbocycles. The maximum absolute atomic E-state index is 10.8. The minimum absolute atomic E-state index is 0.217. The van der Waals surface area contributed by atoms with Gasteiger partial charge in [-0.3, -0.25) is 4.79 Å². The Bertz CT molecular complexity index is 1070. The van der Waals surface area contributed by atoms with Gasteiger partial charge in [-0.2, -0.15) is 5.21 Å². The van der Waals surface area contributed by atoms with Gasteiger partial charge < -0.3 is 15.3 Å². The summed E-state index contributed by atoms with van der Waals surface area (Å²) in [6.45, 7) is 6.81. The van der Waals surface area contributed by atoms with E-state index in [1.165, 1.54) is 16.8 Å². The van der Waals surface area contributed by atoms with Crippen LogP contribution in [0.25, 0.3) is 5.69 Å². The number of tetrazole rings is 1. The van der Waals surface area contributed by atoms with Crippen LogP contribution in [0.3, 0.4) is 0 Å². The van der Waals surface area contributed by atoms with Crippen LogP contribution >= 0.6 is 12.2 Å². The van der Waals surface area contributed by atoms with E-state index in [0.717, 1.165) is 43.9 Å². The van der Waals surface area contributed by atoms with Crippen LogP contribution in [0, 0.1) is 18.6 Å². The number of rotatable bonds is 12. The van der Waals surface area contributed by atoms with Gasteiger partial charge in [0.15, 0.2) is 0 Å². The van der Waals surface area contributed by atoms with Crippen LogP contribution in [0.15, 0.2) is 42.5 Å². The lowest BCUT2D eigenvalue weighted by molar-refractivity contribution is -0.137. The van der Waals surface area contributed by atoms with Crippen molar-refractivity contribution in [3.05, 3.63) is 58.4 Å². The van der Waals surface area contributed by atoms with Crippen molar-refractivity contribution in [2.24, 2.45) is 0 Å². The van der Waals surface area contributed by atoms with Crippen LogP contribution in [0.5, 0.6) is 0 Å². The first kappa shape index (κ1) is 23.5. The molecule has 0 amide bonds. The summed E-state index contributed by atoms with van der Waals surface area (Å²) in [5.41, 5.74) is 5.62.